The second-order valence-corrected chi connectivity index (χ2v) is 8.54. The SMILES string of the molecule is CC(Sc1n[nH]c(C2CC2)n1)C(=O)Nc1nc(-c2cccc([N+](=O)[O-])c2)cs1. The van der Waals surface area contributed by atoms with Crippen LogP contribution >= 0.6 is 23.1 Å². The largest absolute Gasteiger partial charge is 0.301 e. The minimum atomic E-state index is -0.449. The van der Waals surface area contributed by atoms with Crippen LogP contribution in [0, 0.1) is 10.1 Å². The number of nitro groups is 1. The number of non-ortho nitro benzene ring substituents is 1. The number of hydrogen-bond donors (Lipinski definition) is 2. The number of H-pyrrole nitrogens is 1. The molecule has 11 heteroatoms. The first-order chi connectivity index (χ1) is 13.5. The zero-order chi connectivity index (χ0) is 19.7. The molecule has 1 aromatic carbocycles. The van der Waals surface area contributed by atoms with Crippen LogP contribution in [0.15, 0.2) is 34.8 Å². The number of thiazole rings is 1. The number of nitrogens with one attached hydrogen (secondary N) is 2. The number of thioether (sulfide) groups is 1. The Balaban J connectivity index is 1.39. The molecule has 4 rings (SSSR count). The van der Waals surface area contributed by atoms with E-state index in [1.807, 2.05) is 0 Å². The Morgan fingerprint density at radius 2 is 2.25 bits per heavy atom. The lowest BCUT2D eigenvalue weighted by Gasteiger charge is -2.07. The van der Waals surface area contributed by atoms with Gasteiger partial charge in [0.05, 0.1) is 15.9 Å². The van der Waals surface area contributed by atoms with Crippen molar-refractivity contribution >= 4 is 39.8 Å². The molecule has 0 spiro atoms. The first-order valence-corrected chi connectivity index (χ1v) is 10.4. The summed E-state index contributed by atoms with van der Waals surface area (Å²) in [5, 5.41) is 23.1. The maximum Gasteiger partial charge on any atom is 0.270 e. The second-order valence-electron chi connectivity index (χ2n) is 6.37. The summed E-state index contributed by atoms with van der Waals surface area (Å²) in [6.07, 6.45) is 2.26. The second kappa shape index (κ2) is 7.68. The third kappa shape index (κ3) is 4.20. The van der Waals surface area contributed by atoms with Crippen LogP contribution in [0.25, 0.3) is 11.3 Å². The molecule has 0 radical (unpaired) electrons. The highest BCUT2D eigenvalue weighted by atomic mass is 32.2. The standard InChI is InChI=1S/C17H16N6O3S2/c1-9(28-17-19-14(21-22-17)10-5-6-10)15(24)20-16-18-13(8-27-16)11-3-2-4-12(7-11)23(25)26/h2-4,7-10H,5-6H2,1H3,(H,18,20,24)(H,19,21,22). The minimum absolute atomic E-state index is 0.00169. The number of amides is 1. The summed E-state index contributed by atoms with van der Waals surface area (Å²) >= 11 is 2.55. The lowest BCUT2D eigenvalue weighted by Crippen LogP contribution is -2.22. The molecule has 1 atom stereocenters. The van der Waals surface area contributed by atoms with Crippen molar-refractivity contribution in [1.82, 2.24) is 20.2 Å². The highest BCUT2D eigenvalue weighted by molar-refractivity contribution is 8.00. The average molecular weight is 416 g/mol. The number of aromatic amines is 1. The van der Waals surface area contributed by atoms with Gasteiger partial charge >= 0.3 is 0 Å². The van der Waals surface area contributed by atoms with Gasteiger partial charge in [0, 0.05) is 29.0 Å². The molecule has 2 aromatic heterocycles. The predicted octanol–water partition coefficient (Wildman–Crippen LogP) is 3.83. The number of nitrogens with zero attached hydrogens (tertiary/aromatic N) is 4. The molecule has 144 valence electrons. The summed E-state index contributed by atoms with van der Waals surface area (Å²) in [4.78, 5) is 31.7. The zero-order valence-electron chi connectivity index (χ0n) is 14.8. The van der Waals surface area contributed by atoms with Crippen molar-refractivity contribution in [3.8, 4) is 11.3 Å². The van der Waals surface area contributed by atoms with E-state index < -0.39 is 10.2 Å². The van der Waals surface area contributed by atoms with Crippen molar-refractivity contribution in [2.45, 2.75) is 36.1 Å². The van der Waals surface area contributed by atoms with Crippen LogP contribution < -0.4 is 5.32 Å². The van der Waals surface area contributed by atoms with Gasteiger partial charge in [-0.1, -0.05) is 23.9 Å². The molecule has 28 heavy (non-hydrogen) atoms. The number of rotatable bonds is 7. The van der Waals surface area contributed by atoms with Crippen molar-refractivity contribution in [2.75, 3.05) is 5.32 Å². The quantitative estimate of drug-likeness (QED) is 0.340. The predicted molar refractivity (Wildman–Crippen MR) is 107 cm³/mol. The van der Waals surface area contributed by atoms with Crippen LogP contribution in [0.4, 0.5) is 10.8 Å². The summed E-state index contributed by atoms with van der Waals surface area (Å²) < 4.78 is 0. The molecule has 0 bridgehead atoms. The van der Waals surface area contributed by atoms with Crippen LogP contribution in [0.1, 0.15) is 31.5 Å². The monoisotopic (exact) mass is 416 g/mol. The first kappa shape index (κ1) is 18.6. The van der Waals surface area contributed by atoms with E-state index in [1.165, 1.54) is 35.2 Å². The van der Waals surface area contributed by atoms with Gasteiger partial charge in [-0.3, -0.25) is 20.0 Å². The van der Waals surface area contributed by atoms with Crippen LogP contribution in [0.5, 0.6) is 0 Å². The molecular weight excluding hydrogens is 400 g/mol. The van der Waals surface area contributed by atoms with E-state index in [2.05, 4.69) is 25.5 Å². The van der Waals surface area contributed by atoms with E-state index in [9.17, 15) is 14.9 Å². The maximum absolute atomic E-state index is 12.4. The van der Waals surface area contributed by atoms with Crippen molar-refractivity contribution in [3.63, 3.8) is 0 Å². The first-order valence-electron chi connectivity index (χ1n) is 8.60. The molecule has 0 aliphatic heterocycles. The minimum Gasteiger partial charge on any atom is -0.301 e. The molecule has 1 saturated carbocycles. The summed E-state index contributed by atoms with van der Waals surface area (Å²) in [7, 11) is 0. The highest BCUT2D eigenvalue weighted by Gasteiger charge is 2.28. The van der Waals surface area contributed by atoms with Gasteiger partial charge in [-0.2, -0.15) is 0 Å². The fraction of sp³-hybridized carbons (Fsp3) is 0.294. The van der Waals surface area contributed by atoms with Gasteiger partial charge in [-0.25, -0.2) is 9.97 Å². The van der Waals surface area contributed by atoms with E-state index >= 15 is 0 Å². The van der Waals surface area contributed by atoms with Gasteiger partial charge in [0.2, 0.25) is 11.1 Å². The molecule has 3 aromatic rings. The van der Waals surface area contributed by atoms with Gasteiger partial charge in [0.25, 0.3) is 5.69 Å². The Morgan fingerprint density at radius 3 is 3.00 bits per heavy atom. The van der Waals surface area contributed by atoms with E-state index in [1.54, 1.807) is 24.4 Å². The number of benzene rings is 1. The maximum atomic E-state index is 12.4. The third-order valence-corrected chi connectivity index (χ3v) is 5.90. The summed E-state index contributed by atoms with van der Waals surface area (Å²) in [6, 6.07) is 6.23. The van der Waals surface area contributed by atoms with Gasteiger partial charge in [-0.15, -0.1) is 16.4 Å². The van der Waals surface area contributed by atoms with Crippen LogP contribution in [0.3, 0.4) is 0 Å². The Labute approximate surface area is 168 Å². The van der Waals surface area contributed by atoms with E-state index in [0.29, 0.717) is 27.5 Å². The smallest absolute Gasteiger partial charge is 0.270 e. The fourth-order valence-electron chi connectivity index (χ4n) is 2.51. The van der Waals surface area contributed by atoms with E-state index in [0.717, 1.165) is 18.7 Å². The molecular formula is C17H16N6O3S2. The highest BCUT2D eigenvalue weighted by Crippen LogP contribution is 2.38. The van der Waals surface area contributed by atoms with E-state index in [4.69, 9.17) is 0 Å². The number of hydrogen-bond acceptors (Lipinski definition) is 8. The lowest BCUT2D eigenvalue weighted by atomic mass is 10.1. The van der Waals surface area contributed by atoms with Crippen LogP contribution in [0.2, 0.25) is 0 Å². The van der Waals surface area contributed by atoms with E-state index in [-0.39, 0.29) is 11.6 Å². The molecule has 2 N–H and O–H groups in total. The number of carbonyl (C=O) groups excluding carboxylic acids is 1. The van der Waals surface area contributed by atoms with Crippen LogP contribution in [-0.2, 0) is 4.79 Å². The van der Waals surface area contributed by atoms with Crippen molar-refractivity contribution in [1.29, 1.82) is 0 Å². The van der Waals surface area contributed by atoms with Crippen LogP contribution in [-0.4, -0.2) is 36.2 Å². The Kier molecular flexibility index (Phi) is 5.09. The molecule has 1 amide bonds. The lowest BCUT2D eigenvalue weighted by molar-refractivity contribution is -0.384. The number of nitro benzene ring substituents is 1. The number of aromatic nitrogens is 4. The molecule has 1 fully saturated rings. The number of carbonyl (C=O) groups is 1. The summed E-state index contributed by atoms with van der Waals surface area (Å²) in [5.74, 6) is 1.16. The van der Waals surface area contributed by atoms with Crippen molar-refractivity contribution < 1.29 is 9.72 Å². The van der Waals surface area contributed by atoms with Gasteiger partial charge < -0.3 is 5.32 Å². The van der Waals surface area contributed by atoms with Crippen molar-refractivity contribution in [3.05, 3.63) is 45.6 Å². The third-order valence-electron chi connectivity index (χ3n) is 4.18. The Bertz CT molecular complexity index is 1030. The molecule has 0 saturated heterocycles. The topological polar surface area (TPSA) is 127 Å². The van der Waals surface area contributed by atoms with Gasteiger partial charge in [-0.05, 0) is 19.8 Å². The van der Waals surface area contributed by atoms with Gasteiger partial charge in [0.15, 0.2) is 5.13 Å². The molecule has 1 aliphatic carbocycles. The zero-order valence-corrected chi connectivity index (χ0v) is 16.4. The molecule has 9 nitrogen and oxygen atoms in total. The Morgan fingerprint density at radius 1 is 1.43 bits per heavy atom. The molecule has 1 aliphatic rings. The summed E-state index contributed by atoms with van der Waals surface area (Å²) in [5.41, 5.74) is 1.20. The summed E-state index contributed by atoms with van der Waals surface area (Å²) in [6.45, 7) is 1.78. The fourth-order valence-corrected chi connectivity index (χ4v) is 3.97. The Hall–Kier alpha value is -2.79. The molecule has 1 unspecified atom stereocenters. The van der Waals surface area contributed by atoms with Gasteiger partial charge in [0.1, 0.15) is 5.82 Å². The normalized spacial score (nSPS) is 14.6. The molecule has 2 heterocycles. The van der Waals surface area contributed by atoms with Crippen molar-refractivity contribution in [2.24, 2.45) is 0 Å². The average Bonchev–Trinajstić information content (AvgIpc) is 3.25. The number of anilines is 1.